The first-order chi connectivity index (χ1) is 28.4. The zero-order valence-electron chi connectivity index (χ0n) is 32.8. The van der Waals surface area contributed by atoms with Crippen molar-refractivity contribution in [3.63, 3.8) is 0 Å². The maximum atomic E-state index is 15.4. The van der Waals surface area contributed by atoms with Crippen LogP contribution in [0, 0.1) is 22.7 Å². The topological polar surface area (TPSA) is 47.6 Å². The Morgan fingerprint density at radius 2 is 1.07 bits per heavy atom. The van der Waals surface area contributed by atoms with Gasteiger partial charge in [-0.1, -0.05) is 19.9 Å². The molecule has 0 aromatic carbocycles. The van der Waals surface area contributed by atoms with Crippen LogP contribution in [0.15, 0.2) is 123 Å². The van der Waals surface area contributed by atoms with Crippen molar-refractivity contribution < 1.29 is 35.1 Å². The predicted octanol–water partition coefficient (Wildman–Crippen LogP) is 18.1. The van der Waals surface area contributed by atoms with Gasteiger partial charge in [0.15, 0.2) is 5.83 Å². The summed E-state index contributed by atoms with van der Waals surface area (Å²) in [5.74, 6) is -5.41. The van der Waals surface area contributed by atoms with E-state index >= 15 is 4.39 Å². The molecule has 60 heavy (non-hydrogen) atoms. The third kappa shape index (κ3) is 10.3. The Hall–Kier alpha value is -4.90. The monoisotopic (exact) mass is 914 g/mol. The van der Waals surface area contributed by atoms with E-state index in [1.807, 2.05) is 6.07 Å². The summed E-state index contributed by atoms with van der Waals surface area (Å²) in [6, 6.07) is 18.4. The van der Waals surface area contributed by atoms with Gasteiger partial charge in [0.05, 0.1) is 32.7 Å². The minimum absolute atomic E-state index is 0.0242. The van der Waals surface area contributed by atoms with Crippen LogP contribution >= 0.6 is 56.7 Å². The van der Waals surface area contributed by atoms with Crippen molar-refractivity contribution in [2.24, 2.45) is 0 Å². The van der Waals surface area contributed by atoms with Crippen molar-refractivity contribution in [1.29, 1.82) is 10.5 Å². The van der Waals surface area contributed by atoms with Crippen LogP contribution in [0.5, 0.6) is 0 Å². The highest BCUT2D eigenvalue weighted by Crippen LogP contribution is 2.50. The molecule has 0 N–H and O–H groups in total. The van der Waals surface area contributed by atoms with E-state index in [2.05, 4.69) is 0 Å². The Bertz CT molecular complexity index is 2730. The minimum atomic E-state index is -4.67. The molecule has 5 rings (SSSR count). The van der Waals surface area contributed by atoms with Crippen molar-refractivity contribution in [3.05, 3.63) is 139 Å². The molecule has 0 amide bonds. The van der Waals surface area contributed by atoms with Crippen LogP contribution in [0.25, 0.3) is 51.2 Å². The number of nitriles is 2. The third-order valence-corrected chi connectivity index (χ3v) is 14.8. The molecule has 0 aliphatic carbocycles. The van der Waals surface area contributed by atoms with Gasteiger partial charge in [0, 0.05) is 43.9 Å². The highest BCUT2D eigenvalue weighted by Gasteiger charge is 2.36. The number of halogens is 8. The molecule has 0 saturated heterocycles. The van der Waals surface area contributed by atoms with E-state index in [1.165, 1.54) is 68.6 Å². The Morgan fingerprint density at radius 1 is 0.600 bits per heavy atom. The first-order valence-electron chi connectivity index (χ1n) is 18.1. The summed E-state index contributed by atoms with van der Waals surface area (Å²) in [6.07, 6.45) is -0.190. The lowest BCUT2D eigenvalue weighted by Gasteiger charge is -2.08. The molecule has 5 aromatic rings. The van der Waals surface area contributed by atoms with Crippen molar-refractivity contribution in [2.75, 3.05) is 0 Å². The van der Waals surface area contributed by atoms with Crippen LogP contribution in [0.1, 0.15) is 69.7 Å². The summed E-state index contributed by atoms with van der Waals surface area (Å²) in [7, 11) is 0. The van der Waals surface area contributed by atoms with Gasteiger partial charge < -0.3 is 0 Å². The van der Waals surface area contributed by atoms with Crippen LogP contribution in [0.4, 0.5) is 35.1 Å². The zero-order valence-corrected chi connectivity index (χ0v) is 36.9. The second-order valence-corrected chi connectivity index (χ2v) is 18.7. The second kappa shape index (κ2) is 19.7. The Balaban J connectivity index is 1.46. The fourth-order valence-electron chi connectivity index (χ4n) is 5.74. The van der Waals surface area contributed by atoms with E-state index in [0.717, 1.165) is 56.8 Å². The molecular formula is C45H34F8N2S5. The van der Waals surface area contributed by atoms with Crippen molar-refractivity contribution in [2.45, 2.75) is 60.6 Å². The number of thiophene rings is 5. The van der Waals surface area contributed by atoms with Gasteiger partial charge in [0.1, 0.15) is 35.4 Å². The number of allylic oxidation sites excluding steroid dienone is 12. The molecule has 0 bridgehead atoms. The lowest BCUT2D eigenvalue weighted by atomic mass is 10.00. The number of hydrogen-bond donors (Lipinski definition) is 0. The first kappa shape index (κ1) is 46.2. The van der Waals surface area contributed by atoms with E-state index in [4.69, 9.17) is 0 Å². The van der Waals surface area contributed by atoms with Gasteiger partial charge >= 0.3 is 6.18 Å². The average Bonchev–Trinajstić information content (AvgIpc) is 4.06. The van der Waals surface area contributed by atoms with Crippen molar-refractivity contribution in [1.82, 2.24) is 0 Å². The highest BCUT2D eigenvalue weighted by atomic mass is 32.1. The lowest BCUT2D eigenvalue weighted by molar-refractivity contribution is -0.136. The molecule has 0 spiro atoms. The Labute approximate surface area is 362 Å². The average molecular weight is 915 g/mol. The summed E-state index contributed by atoms with van der Waals surface area (Å²) in [5.41, 5.74) is -2.31. The second-order valence-electron chi connectivity index (χ2n) is 13.2. The van der Waals surface area contributed by atoms with Gasteiger partial charge in [0.25, 0.3) is 0 Å². The van der Waals surface area contributed by atoms with E-state index in [-0.39, 0.29) is 33.6 Å². The van der Waals surface area contributed by atoms with Crippen LogP contribution < -0.4 is 0 Å². The smallest absolute Gasteiger partial charge is 0.211 e. The lowest BCUT2D eigenvalue weighted by Crippen LogP contribution is -2.04. The first-order valence-corrected chi connectivity index (χ1v) is 22.2. The summed E-state index contributed by atoms with van der Waals surface area (Å²) in [4.78, 5) is 5.10. The van der Waals surface area contributed by atoms with Gasteiger partial charge in [-0.25, -0.2) is 22.0 Å². The molecule has 310 valence electrons. The summed E-state index contributed by atoms with van der Waals surface area (Å²) in [6.45, 7) is 8.46. The molecule has 0 unspecified atom stereocenters. The molecular weight excluding hydrogens is 881 g/mol. The van der Waals surface area contributed by atoms with Crippen LogP contribution in [0.3, 0.4) is 0 Å². The molecule has 2 nitrogen and oxygen atoms in total. The van der Waals surface area contributed by atoms with E-state index in [9.17, 15) is 41.3 Å². The Morgan fingerprint density at radius 3 is 1.53 bits per heavy atom. The largest absolute Gasteiger partial charge is 0.417 e. The molecule has 15 heteroatoms. The maximum absolute atomic E-state index is 15.4. The summed E-state index contributed by atoms with van der Waals surface area (Å²) >= 11 is 5.82. The molecule has 5 heterocycles. The van der Waals surface area contributed by atoms with Gasteiger partial charge in [-0.3, -0.25) is 0 Å². The predicted molar refractivity (Wildman–Crippen MR) is 235 cm³/mol. The van der Waals surface area contributed by atoms with Crippen LogP contribution in [-0.4, -0.2) is 0 Å². The quantitative estimate of drug-likeness (QED) is 0.0671. The summed E-state index contributed by atoms with van der Waals surface area (Å²) in [5, 5.41) is 19.7. The van der Waals surface area contributed by atoms with Gasteiger partial charge in [-0.2, -0.15) is 23.7 Å². The SMILES string of the molecule is CC/C=C(C)/C(F)=C(C(/C#N)=C/c1ccc(-c2ccc(-c3sc(-c4ccc(-c5ccc(/C=C(C#N)/C(C(F)=C(C)C)=C(\F)CC)s5)s4)cc3C(F)(F)F)s2)s1)\C(F)=C(/C)F. The van der Waals surface area contributed by atoms with Crippen molar-refractivity contribution >= 4 is 68.8 Å². The summed E-state index contributed by atoms with van der Waals surface area (Å²) < 4.78 is 118. The Kier molecular flexibility index (Phi) is 15.1. The fraction of sp³-hybridized carbons (Fsp3) is 0.200. The van der Waals surface area contributed by atoms with Crippen LogP contribution in [-0.2, 0) is 6.18 Å². The number of hydrogen-bond acceptors (Lipinski definition) is 7. The number of nitrogens with zero attached hydrogens (tertiary/aromatic N) is 2. The van der Waals surface area contributed by atoms with Crippen LogP contribution in [0.2, 0.25) is 0 Å². The fourth-order valence-corrected chi connectivity index (χ4v) is 11.2. The molecule has 0 radical (unpaired) electrons. The molecule has 0 aliphatic heterocycles. The van der Waals surface area contributed by atoms with E-state index in [1.54, 1.807) is 61.5 Å². The zero-order chi connectivity index (χ0) is 44.1. The van der Waals surface area contributed by atoms with Gasteiger partial charge in [-0.05, 0) is 118 Å². The molecule has 0 fully saturated rings. The normalized spacial score (nSPS) is 14.0. The van der Waals surface area contributed by atoms with E-state index < -0.39 is 52.0 Å². The highest BCUT2D eigenvalue weighted by molar-refractivity contribution is 7.30. The number of rotatable bonds is 13. The molecule has 0 aliphatic rings. The molecule has 0 atom stereocenters. The maximum Gasteiger partial charge on any atom is 0.417 e. The third-order valence-electron chi connectivity index (χ3n) is 8.65. The van der Waals surface area contributed by atoms with Gasteiger partial charge in [0.2, 0.25) is 0 Å². The molecule has 5 aromatic heterocycles. The minimum Gasteiger partial charge on any atom is -0.211 e. The van der Waals surface area contributed by atoms with Gasteiger partial charge in [-0.15, -0.1) is 56.7 Å². The standard InChI is InChI=1S/C45H34F8N2S5/c1-7-9-24(5)42(49)40(43(50)25(6)46)27(22-55)19-29-11-13-33(57-29)35-16-17-37(59-35)44-30(45(51,52)53)20-38(60-44)36-15-14-34(58-36)32-12-10-28(56-32)18-26(21-54)39(31(47)8-2)41(48)23(3)4/h9-20H,7-8H2,1-6H3/b24-9+,26-18+,27-19+,39-31+,42-40+,43-25-. The van der Waals surface area contributed by atoms with Crippen molar-refractivity contribution in [3.8, 4) is 51.2 Å². The van der Waals surface area contributed by atoms with E-state index in [0.29, 0.717) is 40.6 Å². The molecule has 0 saturated carbocycles. The number of alkyl halides is 3.